The van der Waals surface area contributed by atoms with Crippen LogP contribution in [0.1, 0.15) is 25.8 Å². The molecule has 31 heavy (non-hydrogen) atoms. The number of hydrogen-bond donors (Lipinski definition) is 0. The first kappa shape index (κ1) is 27.7. The number of hydrogen-bond acceptors (Lipinski definition) is 6. The second-order valence-electron chi connectivity index (χ2n) is 6.61. The summed E-state index contributed by atoms with van der Waals surface area (Å²) in [5, 5.41) is 0. The number of ether oxygens (including phenoxy) is 2. The van der Waals surface area contributed by atoms with Crippen molar-refractivity contribution in [3.05, 3.63) is 54.1 Å². The first-order valence-electron chi connectivity index (χ1n) is 10.1. The summed E-state index contributed by atoms with van der Waals surface area (Å²) in [5.41, 5.74) is 2.17. The van der Waals surface area contributed by atoms with Gasteiger partial charge in [-0.2, -0.15) is 9.59 Å². The van der Waals surface area contributed by atoms with Crippen molar-refractivity contribution in [2.45, 2.75) is 27.2 Å². The summed E-state index contributed by atoms with van der Waals surface area (Å²) in [4.78, 5) is 32.3. The topological polar surface area (TPSA) is 76.2 Å². The highest BCUT2D eigenvalue weighted by atomic mass is 16.5. The summed E-state index contributed by atoms with van der Waals surface area (Å²) in [7, 11) is 5.13. The van der Waals surface area contributed by atoms with Gasteiger partial charge in [0.1, 0.15) is 11.5 Å². The van der Waals surface area contributed by atoms with Crippen LogP contribution in [0.3, 0.4) is 0 Å². The molecule has 2 rings (SSSR count). The lowest BCUT2D eigenvalue weighted by atomic mass is 10.2. The molecule has 0 aliphatic rings. The zero-order valence-electron chi connectivity index (χ0n) is 19.4. The van der Waals surface area contributed by atoms with Crippen LogP contribution in [0.25, 0.3) is 0 Å². The zero-order valence-corrected chi connectivity index (χ0v) is 19.4. The molecule has 0 fully saturated rings. The van der Waals surface area contributed by atoms with Crippen LogP contribution in [0.2, 0.25) is 0 Å². The normalized spacial score (nSPS) is 9.10. The third-order valence-corrected chi connectivity index (χ3v) is 4.34. The van der Waals surface area contributed by atoms with Crippen LogP contribution >= 0.6 is 0 Å². The Labute approximate surface area is 185 Å². The van der Waals surface area contributed by atoms with Crippen molar-refractivity contribution in [1.29, 1.82) is 0 Å². The van der Waals surface area contributed by atoms with Gasteiger partial charge in [0.25, 0.3) is 0 Å². The van der Waals surface area contributed by atoms with Crippen LogP contribution < -0.4 is 14.4 Å². The Bertz CT molecular complexity index is 790. The molecule has 0 aromatic heterocycles. The molecule has 7 heteroatoms. The average molecular weight is 431 g/mol. The number of benzene rings is 2. The second-order valence-corrected chi connectivity index (χ2v) is 6.61. The maximum Gasteiger partial charge on any atom is 0.373 e. The number of likely N-dealkylation sites (N-methyl/N-ethyl adjacent to an activating group) is 2. The largest absolute Gasteiger partial charge is 0.497 e. The van der Waals surface area contributed by atoms with Crippen molar-refractivity contribution in [2.24, 2.45) is 0 Å². The fourth-order valence-electron chi connectivity index (χ4n) is 2.75. The van der Waals surface area contributed by atoms with Crippen molar-refractivity contribution in [3.8, 4) is 11.5 Å². The van der Waals surface area contributed by atoms with E-state index in [1.807, 2.05) is 60.2 Å². The number of nitrogens with zero attached hydrogens (tertiary/aromatic N) is 2. The van der Waals surface area contributed by atoms with E-state index in [1.165, 1.54) is 5.56 Å². The molecule has 0 heterocycles. The van der Waals surface area contributed by atoms with Gasteiger partial charge in [0.15, 0.2) is 0 Å². The van der Waals surface area contributed by atoms with Gasteiger partial charge >= 0.3 is 6.15 Å². The van der Waals surface area contributed by atoms with Gasteiger partial charge in [0.05, 0.1) is 26.5 Å². The number of anilines is 1. The molecule has 0 saturated heterocycles. The van der Waals surface area contributed by atoms with Crippen LogP contribution in [0, 0.1) is 6.92 Å². The molecule has 2 aromatic carbocycles. The van der Waals surface area contributed by atoms with E-state index in [1.54, 1.807) is 14.2 Å². The molecule has 2 aromatic rings. The van der Waals surface area contributed by atoms with Crippen molar-refractivity contribution >= 4 is 17.7 Å². The van der Waals surface area contributed by atoms with Crippen LogP contribution in [-0.4, -0.2) is 57.9 Å². The Hall–Kier alpha value is -3.31. The maximum absolute atomic E-state index is 12.3. The number of methoxy groups -OCH3 is 2. The Morgan fingerprint density at radius 2 is 1.61 bits per heavy atom. The minimum Gasteiger partial charge on any atom is -0.497 e. The number of carbonyl (C=O) groups is 1. The molecule has 0 spiro atoms. The summed E-state index contributed by atoms with van der Waals surface area (Å²) < 4.78 is 10.6. The predicted molar refractivity (Wildman–Crippen MR) is 122 cm³/mol. The second kappa shape index (κ2) is 16.5. The van der Waals surface area contributed by atoms with Gasteiger partial charge in [-0.1, -0.05) is 42.8 Å². The Morgan fingerprint density at radius 1 is 1.00 bits per heavy atom. The molecule has 0 N–H and O–H groups in total. The number of rotatable bonds is 8. The molecular weight excluding hydrogens is 396 g/mol. The zero-order chi connectivity index (χ0) is 23.6. The summed E-state index contributed by atoms with van der Waals surface area (Å²) in [6.45, 7) is 8.00. The minimum absolute atomic E-state index is 0.117. The van der Waals surface area contributed by atoms with Gasteiger partial charge in [0, 0.05) is 26.2 Å². The third kappa shape index (κ3) is 10.9. The molecule has 0 aliphatic carbocycles. The summed E-state index contributed by atoms with van der Waals surface area (Å²) in [6, 6.07) is 15.8. The summed E-state index contributed by atoms with van der Waals surface area (Å²) in [6.07, 6.45) is 1.21. The van der Waals surface area contributed by atoms with E-state index in [9.17, 15) is 4.79 Å². The van der Waals surface area contributed by atoms with Gasteiger partial charge in [-0.05, 0) is 32.4 Å². The van der Waals surface area contributed by atoms with E-state index in [-0.39, 0.29) is 12.1 Å². The minimum atomic E-state index is 0.117. The first-order chi connectivity index (χ1) is 14.9. The van der Waals surface area contributed by atoms with Crippen LogP contribution in [0.5, 0.6) is 11.5 Å². The van der Waals surface area contributed by atoms with E-state index < -0.39 is 0 Å². The molecule has 0 saturated carbocycles. The molecular formula is C24H34N2O5. The van der Waals surface area contributed by atoms with Crippen molar-refractivity contribution < 1.29 is 23.9 Å². The van der Waals surface area contributed by atoms with Crippen molar-refractivity contribution in [3.63, 3.8) is 0 Å². The highest BCUT2D eigenvalue weighted by Gasteiger charge is 2.16. The van der Waals surface area contributed by atoms with Gasteiger partial charge in [-0.15, -0.1) is 0 Å². The molecule has 0 aliphatic heterocycles. The van der Waals surface area contributed by atoms with E-state index in [4.69, 9.17) is 19.1 Å². The summed E-state index contributed by atoms with van der Waals surface area (Å²) in [5.74, 6) is 1.59. The van der Waals surface area contributed by atoms with Crippen molar-refractivity contribution in [1.82, 2.24) is 4.90 Å². The van der Waals surface area contributed by atoms with Gasteiger partial charge in [-0.3, -0.25) is 4.79 Å². The van der Waals surface area contributed by atoms with Crippen molar-refractivity contribution in [2.75, 3.05) is 45.8 Å². The lowest BCUT2D eigenvalue weighted by Gasteiger charge is -2.26. The quantitative estimate of drug-likeness (QED) is 0.634. The Balaban J connectivity index is 0.000000739. The monoisotopic (exact) mass is 430 g/mol. The smallest absolute Gasteiger partial charge is 0.373 e. The molecule has 170 valence electrons. The lowest BCUT2D eigenvalue weighted by molar-refractivity contribution is -0.191. The van der Waals surface area contributed by atoms with Crippen LogP contribution in [-0.2, 0) is 14.4 Å². The van der Waals surface area contributed by atoms with Gasteiger partial charge in [-0.25, -0.2) is 0 Å². The van der Waals surface area contributed by atoms with Crippen LogP contribution in [0.15, 0.2) is 48.5 Å². The molecule has 0 atom stereocenters. The standard InChI is InChI=1S/C16H26N2O3.C7H8.CO2/c1-6-10-18(7-2)16(19)12-17(3)14-11-13(20-4)8-9-15(14)21-5;1-7-5-3-2-4-6-7;2-1-3/h8-9,11H,6-7,10,12H2,1-5H3;2-6H,1H3;. The first-order valence-corrected chi connectivity index (χ1v) is 10.1. The fraction of sp³-hybridized carbons (Fsp3) is 0.417. The molecule has 0 unspecified atom stereocenters. The van der Waals surface area contributed by atoms with E-state index in [2.05, 4.69) is 26.0 Å². The Kier molecular flexibility index (Phi) is 14.7. The highest BCUT2D eigenvalue weighted by molar-refractivity contribution is 5.82. The number of carbonyl (C=O) groups excluding carboxylic acids is 3. The predicted octanol–water partition coefficient (Wildman–Crippen LogP) is 3.81. The molecule has 7 nitrogen and oxygen atoms in total. The molecule has 1 amide bonds. The van der Waals surface area contributed by atoms with E-state index in [0.29, 0.717) is 6.54 Å². The third-order valence-electron chi connectivity index (χ3n) is 4.34. The average Bonchev–Trinajstić information content (AvgIpc) is 2.78. The summed E-state index contributed by atoms with van der Waals surface area (Å²) >= 11 is 0. The SMILES string of the molecule is CCCN(CC)C(=O)CN(C)c1cc(OC)ccc1OC.Cc1ccccc1.O=C=O. The van der Waals surface area contributed by atoms with E-state index >= 15 is 0 Å². The highest BCUT2D eigenvalue weighted by Crippen LogP contribution is 2.31. The van der Waals surface area contributed by atoms with E-state index in [0.717, 1.165) is 36.7 Å². The number of amides is 1. The fourth-order valence-corrected chi connectivity index (χ4v) is 2.75. The lowest BCUT2D eigenvalue weighted by Crippen LogP contribution is -2.39. The molecule has 0 bridgehead atoms. The van der Waals surface area contributed by atoms with Gasteiger partial charge in [0.2, 0.25) is 5.91 Å². The van der Waals surface area contributed by atoms with Gasteiger partial charge < -0.3 is 19.3 Å². The maximum atomic E-state index is 12.3. The number of aryl methyl sites for hydroxylation is 1. The van der Waals surface area contributed by atoms with Crippen LogP contribution in [0.4, 0.5) is 5.69 Å². The Morgan fingerprint density at radius 3 is 2.03 bits per heavy atom. The molecule has 0 radical (unpaired) electrons.